The quantitative estimate of drug-likeness (QED) is 0.836. The van der Waals surface area contributed by atoms with Gasteiger partial charge in [0.05, 0.1) is 5.56 Å². The lowest BCUT2D eigenvalue weighted by atomic mass is 10.0. The molecule has 4 heteroatoms. The second-order valence-corrected chi connectivity index (χ2v) is 10.6. The van der Waals surface area contributed by atoms with Crippen molar-refractivity contribution < 1.29 is 9.53 Å². The van der Waals surface area contributed by atoms with E-state index in [-0.39, 0.29) is 12.1 Å². The lowest BCUT2D eigenvalue weighted by molar-refractivity contribution is 0.0385. The lowest BCUT2D eigenvalue weighted by Gasteiger charge is -2.43. The average Bonchev–Trinajstić information content (AvgIpc) is 2.93. The van der Waals surface area contributed by atoms with Crippen LogP contribution < -0.4 is 0 Å². The van der Waals surface area contributed by atoms with Crippen LogP contribution in [0.2, 0.25) is 0 Å². The minimum absolute atomic E-state index is 0.00401. The van der Waals surface area contributed by atoms with Gasteiger partial charge in [-0.1, -0.05) is 19.3 Å². The van der Waals surface area contributed by atoms with Crippen molar-refractivity contribution in [2.75, 3.05) is 18.3 Å². The van der Waals surface area contributed by atoms with Gasteiger partial charge in [0.15, 0.2) is 0 Å². The summed E-state index contributed by atoms with van der Waals surface area (Å²) in [5.74, 6) is 0.811. The number of H-pyrrole nitrogens is 1. The number of aromatic amines is 1. The molecule has 3 nitrogen and oxygen atoms in total. The van der Waals surface area contributed by atoms with Crippen LogP contribution >= 0.6 is 10.0 Å². The normalized spacial score (nSPS) is 19.6. The van der Waals surface area contributed by atoms with Gasteiger partial charge in [0.2, 0.25) is 0 Å². The number of carbonyl (C=O) groups excluding carboxylic acids is 1. The molecule has 1 aromatic rings. The van der Waals surface area contributed by atoms with E-state index in [9.17, 15) is 4.79 Å². The van der Waals surface area contributed by atoms with E-state index in [4.69, 9.17) is 4.74 Å². The van der Waals surface area contributed by atoms with Crippen molar-refractivity contribution in [3.8, 4) is 0 Å². The number of rotatable bonds is 5. The average molecular weight is 297 g/mol. The zero-order valence-corrected chi connectivity index (χ0v) is 13.7. The Labute approximate surface area is 123 Å². The van der Waals surface area contributed by atoms with Crippen LogP contribution in [-0.4, -0.2) is 40.6 Å². The van der Waals surface area contributed by atoms with Crippen molar-refractivity contribution in [2.45, 2.75) is 50.4 Å². The fourth-order valence-electron chi connectivity index (χ4n) is 3.18. The highest BCUT2D eigenvalue weighted by molar-refractivity contribution is 8.33. The van der Waals surface area contributed by atoms with Gasteiger partial charge >= 0.3 is 5.97 Å². The van der Waals surface area contributed by atoms with Gasteiger partial charge in [-0.3, -0.25) is 0 Å². The summed E-state index contributed by atoms with van der Waals surface area (Å²) in [6.45, 7) is 2.03. The molecule has 0 aliphatic heterocycles. The Morgan fingerprint density at radius 3 is 2.70 bits per heavy atom. The first-order valence-corrected chi connectivity index (χ1v) is 10.2. The van der Waals surface area contributed by atoms with Gasteiger partial charge in [0, 0.05) is 18.1 Å². The van der Waals surface area contributed by atoms with Gasteiger partial charge in [-0.25, -0.2) is 14.8 Å². The third-order valence-corrected chi connectivity index (χ3v) is 7.87. The van der Waals surface area contributed by atoms with Gasteiger partial charge in [0.25, 0.3) is 0 Å². The summed E-state index contributed by atoms with van der Waals surface area (Å²) in [5.41, 5.74) is 0.613. The molecule has 1 fully saturated rings. The highest BCUT2D eigenvalue weighted by atomic mass is 32.3. The minimum atomic E-state index is -0.682. The molecule has 20 heavy (non-hydrogen) atoms. The topological polar surface area (TPSA) is 42.1 Å². The number of hydrogen-bond acceptors (Lipinski definition) is 2. The van der Waals surface area contributed by atoms with Gasteiger partial charge in [-0.15, -0.1) is 0 Å². The maximum absolute atomic E-state index is 11.9. The molecule has 1 aliphatic rings. The van der Waals surface area contributed by atoms with Crippen molar-refractivity contribution in [3.63, 3.8) is 0 Å². The van der Waals surface area contributed by atoms with Crippen LogP contribution in [0.25, 0.3) is 0 Å². The molecule has 1 aromatic heterocycles. The molecular formula is C16H27NO2S. The molecule has 0 saturated heterocycles. The van der Waals surface area contributed by atoms with Crippen molar-refractivity contribution >= 4 is 16.0 Å². The standard InChI is InChI=1S/C16H27NO2S/c1-13(19-16(18)14-9-10-17-11-14)12-20(2,3)15-7-5-4-6-8-15/h9-11,13,15,17H,4-8,12H2,1-3H3. The molecule has 0 spiro atoms. The van der Waals surface area contributed by atoms with Crippen molar-refractivity contribution in [2.24, 2.45) is 0 Å². The lowest BCUT2D eigenvalue weighted by Crippen LogP contribution is -2.29. The maximum Gasteiger partial charge on any atom is 0.339 e. The number of nitrogens with one attached hydrogen (secondary N) is 1. The van der Waals surface area contributed by atoms with E-state index >= 15 is 0 Å². The fourth-order valence-corrected chi connectivity index (χ4v) is 6.34. The number of hydrogen-bond donors (Lipinski definition) is 1. The smallest absolute Gasteiger partial charge is 0.339 e. The maximum atomic E-state index is 11.9. The Balaban J connectivity index is 1.86. The second-order valence-electron chi connectivity index (χ2n) is 6.37. The van der Waals surface area contributed by atoms with Crippen LogP contribution in [-0.2, 0) is 4.74 Å². The summed E-state index contributed by atoms with van der Waals surface area (Å²) in [5, 5.41) is 0.852. The first-order valence-electron chi connectivity index (χ1n) is 7.52. The van der Waals surface area contributed by atoms with E-state index in [0.29, 0.717) is 5.56 Å². The second kappa shape index (κ2) is 6.70. The molecule has 0 bridgehead atoms. The van der Waals surface area contributed by atoms with Crippen LogP contribution in [0.3, 0.4) is 0 Å². The molecule has 1 saturated carbocycles. The van der Waals surface area contributed by atoms with Crippen LogP contribution in [0.5, 0.6) is 0 Å². The number of carbonyl (C=O) groups is 1. The summed E-state index contributed by atoms with van der Waals surface area (Å²) >= 11 is 0. The van der Waals surface area contributed by atoms with Crippen LogP contribution in [0, 0.1) is 0 Å². The van der Waals surface area contributed by atoms with Gasteiger partial charge in [0.1, 0.15) is 6.10 Å². The van der Waals surface area contributed by atoms with Gasteiger partial charge < -0.3 is 9.72 Å². The molecule has 1 atom stereocenters. The van der Waals surface area contributed by atoms with E-state index in [1.54, 1.807) is 18.5 Å². The number of aromatic nitrogens is 1. The molecule has 2 rings (SSSR count). The summed E-state index contributed by atoms with van der Waals surface area (Å²) in [4.78, 5) is 14.8. The van der Waals surface area contributed by atoms with Crippen LogP contribution in [0.4, 0.5) is 0 Å². The van der Waals surface area contributed by atoms with E-state index < -0.39 is 10.0 Å². The fraction of sp³-hybridized carbons (Fsp3) is 0.688. The van der Waals surface area contributed by atoms with Crippen molar-refractivity contribution in [1.82, 2.24) is 4.98 Å². The zero-order valence-electron chi connectivity index (χ0n) is 12.9. The minimum Gasteiger partial charge on any atom is -0.458 e. The molecule has 1 heterocycles. The van der Waals surface area contributed by atoms with Crippen LogP contribution in [0.1, 0.15) is 49.4 Å². The summed E-state index contributed by atoms with van der Waals surface area (Å²) in [7, 11) is -0.682. The summed E-state index contributed by atoms with van der Waals surface area (Å²) in [6, 6.07) is 1.76. The Kier molecular flexibility index (Phi) is 5.19. The Morgan fingerprint density at radius 1 is 1.40 bits per heavy atom. The van der Waals surface area contributed by atoms with Crippen molar-refractivity contribution in [1.29, 1.82) is 0 Å². The summed E-state index contributed by atoms with van der Waals surface area (Å²) < 4.78 is 5.58. The first kappa shape index (κ1) is 15.5. The largest absolute Gasteiger partial charge is 0.458 e. The first-order chi connectivity index (χ1) is 9.49. The highest BCUT2D eigenvalue weighted by Crippen LogP contribution is 2.51. The van der Waals surface area contributed by atoms with Crippen LogP contribution in [0.15, 0.2) is 18.5 Å². The Morgan fingerprint density at radius 2 is 2.10 bits per heavy atom. The molecule has 1 aliphatic carbocycles. The molecule has 0 aromatic carbocycles. The van der Waals surface area contributed by atoms with Gasteiger partial charge in [-0.05, 0) is 43.6 Å². The number of esters is 1. The van der Waals surface area contributed by atoms with Crippen molar-refractivity contribution in [3.05, 3.63) is 24.0 Å². The summed E-state index contributed by atoms with van der Waals surface area (Å²) in [6.07, 6.45) is 15.1. The molecule has 1 unspecified atom stereocenters. The highest BCUT2D eigenvalue weighted by Gasteiger charge is 2.29. The molecular weight excluding hydrogens is 270 g/mol. The van der Waals surface area contributed by atoms with E-state index in [0.717, 1.165) is 11.0 Å². The number of ether oxygens (including phenoxy) is 1. The van der Waals surface area contributed by atoms with Gasteiger partial charge in [-0.2, -0.15) is 0 Å². The van der Waals surface area contributed by atoms with E-state index in [2.05, 4.69) is 17.5 Å². The SMILES string of the molecule is CC(CS(C)(C)C1CCCCC1)OC(=O)c1cc[nH]c1. The molecule has 1 N–H and O–H groups in total. The zero-order chi connectivity index (χ0) is 14.6. The Hall–Kier alpha value is -0.900. The Bertz CT molecular complexity index is 422. The third kappa shape index (κ3) is 4.05. The molecule has 0 amide bonds. The predicted octanol–water partition coefficient (Wildman–Crippen LogP) is 3.96. The third-order valence-electron chi connectivity index (χ3n) is 4.26. The predicted molar refractivity (Wildman–Crippen MR) is 86.8 cm³/mol. The molecule has 0 radical (unpaired) electrons. The van der Waals surface area contributed by atoms with E-state index in [1.165, 1.54) is 32.1 Å². The monoisotopic (exact) mass is 297 g/mol. The molecule has 114 valence electrons. The van der Waals surface area contributed by atoms with E-state index in [1.807, 2.05) is 6.92 Å².